The van der Waals surface area contributed by atoms with Crippen molar-refractivity contribution >= 4 is 23.1 Å². The second-order valence-electron chi connectivity index (χ2n) is 7.66. The highest BCUT2D eigenvalue weighted by molar-refractivity contribution is 6.05. The monoisotopic (exact) mass is 419 g/mol. The Balaban J connectivity index is 0.000000229. The van der Waals surface area contributed by atoms with E-state index in [1.165, 1.54) is 12.8 Å². The molecule has 2 heterocycles. The van der Waals surface area contributed by atoms with E-state index in [0.717, 1.165) is 29.5 Å². The summed E-state index contributed by atoms with van der Waals surface area (Å²) < 4.78 is 4.90. The van der Waals surface area contributed by atoms with Gasteiger partial charge in [0.25, 0.3) is 5.91 Å². The van der Waals surface area contributed by atoms with Crippen LogP contribution < -0.4 is 15.4 Å². The molecule has 1 aliphatic heterocycles. The van der Waals surface area contributed by atoms with Gasteiger partial charge < -0.3 is 15.4 Å². The van der Waals surface area contributed by atoms with E-state index < -0.39 is 0 Å². The van der Waals surface area contributed by atoms with E-state index in [-0.39, 0.29) is 5.91 Å². The molecular weight excluding hydrogens is 390 g/mol. The summed E-state index contributed by atoms with van der Waals surface area (Å²) in [6.45, 7) is 3.95. The van der Waals surface area contributed by atoms with Crippen LogP contribution in [0.15, 0.2) is 60.8 Å². The average Bonchev–Trinajstić information content (AvgIpc) is 2.83. The van der Waals surface area contributed by atoms with Crippen LogP contribution in [-0.2, 0) is 0 Å². The molecule has 1 aliphatic rings. The number of nitrogens with one attached hydrogen (secondary N) is 2. The summed E-state index contributed by atoms with van der Waals surface area (Å²) in [5.41, 5.74) is 2.08. The van der Waals surface area contributed by atoms with Crippen LogP contribution in [0.1, 0.15) is 40.5 Å². The molecule has 1 amide bonds. The minimum absolute atomic E-state index is 0.0427. The van der Waals surface area contributed by atoms with Gasteiger partial charge >= 0.3 is 0 Å². The molecule has 1 saturated heterocycles. The number of para-hydroxylation sites is 1. The van der Waals surface area contributed by atoms with Crippen LogP contribution in [0, 0.1) is 5.92 Å². The molecule has 0 saturated carbocycles. The van der Waals surface area contributed by atoms with Crippen LogP contribution in [0.4, 0.5) is 0 Å². The van der Waals surface area contributed by atoms with E-state index >= 15 is 0 Å². The van der Waals surface area contributed by atoms with Crippen molar-refractivity contribution in [3.8, 4) is 5.75 Å². The zero-order valence-corrected chi connectivity index (χ0v) is 18.0. The Labute approximate surface area is 183 Å². The van der Waals surface area contributed by atoms with Crippen molar-refractivity contribution < 1.29 is 14.3 Å². The first-order chi connectivity index (χ1) is 15.1. The minimum Gasteiger partial charge on any atom is -0.497 e. The molecule has 1 aromatic heterocycles. The van der Waals surface area contributed by atoms with Crippen LogP contribution in [0.25, 0.3) is 10.9 Å². The molecule has 6 nitrogen and oxygen atoms in total. The topological polar surface area (TPSA) is 80.3 Å². The summed E-state index contributed by atoms with van der Waals surface area (Å²) in [5.74, 6) is 1.33. The predicted octanol–water partition coefficient (Wildman–Crippen LogP) is 3.86. The van der Waals surface area contributed by atoms with Gasteiger partial charge in [0, 0.05) is 29.7 Å². The van der Waals surface area contributed by atoms with Gasteiger partial charge in [0.15, 0.2) is 0 Å². The van der Waals surface area contributed by atoms with Gasteiger partial charge in [-0.3, -0.25) is 14.6 Å². The molecule has 0 spiro atoms. The van der Waals surface area contributed by atoms with Gasteiger partial charge in [-0.25, -0.2) is 0 Å². The van der Waals surface area contributed by atoms with Gasteiger partial charge in [0.05, 0.1) is 18.2 Å². The van der Waals surface area contributed by atoms with Gasteiger partial charge in [-0.15, -0.1) is 0 Å². The van der Waals surface area contributed by atoms with Gasteiger partial charge in [-0.1, -0.05) is 25.1 Å². The van der Waals surface area contributed by atoms with E-state index in [1.54, 1.807) is 37.6 Å². The fourth-order valence-electron chi connectivity index (χ4n) is 3.66. The van der Waals surface area contributed by atoms with Crippen molar-refractivity contribution in [1.29, 1.82) is 0 Å². The normalized spacial score (nSPS) is 17.9. The Morgan fingerprint density at radius 3 is 2.68 bits per heavy atom. The number of carbonyl (C=O) groups excluding carboxylic acids is 2. The second kappa shape index (κ2) is 11.2. The third-order valence-electron chi connectivity index (χ3n) is 5.54. The lowest BCUT2D eigenvalue weighted by molar-refractivity contribution is 0.0945. The van der Waals surface area contributed by atoms with Crippen LogP contribution in [0.5, 0.6) is 5.75 Å². The number of rotatable bonds is 5. The molecule has 2 aromatic carbocycles. The molecule has 0 unspecified atom stereocenters. The van der Waals surface area contributed by atoms with Crippen molar-refractivity contribution in [3.05, 3.63) is 71.9 Å². The number of aldehydes is 1. The standard InChI is InChI=1S/C17H21N3O.C8H8O2/c1-12-5-3-9-18-15(12)11-20-17(21)14-8-2-6-13-7-4-10-19-16(13)14;1-10-8-4-2-7(6-9)3-5-8/h2,4,6-8,10,12,15,18H,3,5,9,11H2,1H3,(H,20,21);2-6H,1H3/t12-,15-;/m0./s1. The zero-order chi connectivity index (χ0) is 22.1. The molecule has 2 N–H and O–H groups in total. The maximum atomic E-state index is 12.4. The van der Waals surface area contributed by atoms with Gasteiger partial charge in [-0.05, 0) is 61.7 Å². The number of ether oxygens (including phenoxy) is 1. The van der Waals surface area contributed by atoms with Crippen LogP contribution in [0.2, 0.25) is 0 Å². The summed E-state index contributed by atoms with van der Waals surface area (Å²) in [7, 11) is 1.59. The van der Waals surface area contributed by atoms with Crippen molar-refractivity contribution in [2.75, 3.05) is 20.2 Å². The number of hydrogen-bond acceptors (Lipinski definition) is 5. The van der Waals surface area contributed by atoms with Gasteiger partial charge in [0.2, 0.25) is 0 Å². The highest BCUT2D eigenvalue weighted by Crippen LogP contribution is 2.17. The molecule has 162 valence electrons. The number of hydrogen-bond donors (Lipinski definition) is 2. The number of amides is 1. The molecule has 4 rings (SSSR count). The van der Waals surface area contributed by atoms with Gasteiger partial charge in [0.1, 0.15) is 12.0 Å². The average molecular weight is 420 g/mol. The number of methoxy groups -OCH3 is 1. The van der Waals surface area contributed by atoms with Crippen molar-refractivity contribution in [3.63, 3.8) is 0 Å². The summed E-state index contributed by atoms with van der Waals surface area (Å²) in [6.07, 6.45) is 4.98. The molecular formula is C25H29N3O3. The number of piperidine rings is 1. The highest BCUT2D eigenvalue weighted by Gasteiger charge is 2.21. The number of nitrogens with zero attached hydrogens (tertiary/aromatic N) is 1. The van der Waals surface area contributed by atoms with E-state index in [1.807, 2.05) is 30.3 Å². The van der Waals surface area contributed by atoms with E-state index in [4.69, 9.17) is 4.74 Å². The fraction of sp³-hybridized carbons (Fsp3) is 0.320. The van der Waals surface area contributed by atoms with Crippen molar-refractivity contribution in [2.45, 2.75) is 25.8 Å². The summed E-state index contributed by atoms with van der Waals surface area (Å²) in [5, 5.41) is 7.53. The number of aromatic nitrogens is 1. The van der Waals surface area contributed by atoms with E-state index in [2.05, 4.69) is 22.5 Å². The molecule has 31 heavy (non-hydrogen) atoms. The molecule has 3 aromatic rings. The molecule has 0 bridgehead atoms. The van der Waals surface area contributed by atoms with Crippen molar-refractivity contribution in [1.82, 2.24) is 15.6 Å². The Morgan fingerprint density at radius 2 is 1.97 bits per heavy atom. The molecule has 1 fully saturated rings. The number of carbonyl (C=O) groups is 2. The van der Waals surface area contributed by atoms with Crippen molar-refractivity contribution in [2.24, 2.45) is 5.92 Å². The first kappa shape index (κ1) is 22.4. The van der Waals surface area contributed by atoms with Crippen LogP contribution in [0.3, 0.4) is 0 Å². The third kappa shape index (κ3) is 6.12. The number of fused-ring (bicyclic) bond motifs is 1. The minimum atomic E-state index is -0.0427. The summed E-state index contributed by atoms with van der Waals surface area (Å²) >= 11 is 0. The lowest BCUT2D eigenvalue weighted by Crippen LogP contribution is -2.47. The maximum Gasteiger partial charge on any atom is 0.253 e. The Bertz CT molecular complexity index is 999. The maximum absolute atomic E-state index is 12.4. The van der Waals surface area contributed by atoms with E-state index in [0.29, 0.717) is 29.6 Å². The van der Waals surface area contributed by atoms with Crippen LogP contribution in [-0.4, -0.2) is 43.4 Å². The number of pyridine rings is 1. The SMILES string of the molecule is COc1ccc(C=O)cc1.C[C@H]1CCCN[C@H]1CNC(=O)c1cccc2cccnc12. The molecule has 0 aliphatic carbocycles. The smallest absolute Gasteiger partial charge is 0.253 e. The number of benzene rings is 2. The lowest BCUT2D eigenvalue weighted by atomic mass is 9.93. The lowest BCUT2D eigenvalue weighted by Gasteiger charge is -2.30. The second-order valence-corrected chi connectivity index (χ2v) is 7.66. The van der Waals surface area contributed by atoms with Gasteiger partial charge in [-0.2, -0.15) is 0 Å². The largest absolute Gasteiger partial charge is 0.497 e. The Hall–Kier alpha value is -3.25. The summed E-state index contributed by atoms with van der Waals surface area (Å²) in [6, 6.07) is 16.9. The first-order valence-electron chi connectivity index (χ1n) is 10.6. The summed E-state index contributed by atoms with van der Waals surface area (Å²) in [4.78, 5) is 26.9. The van der Waals surface area contributed by atoms with Crippen LogP contribution >= 0.6 is 0 Å². The molecule has 6 heteroatoms. The Kier molecular flexibility index (Phi) is 8.12. The first-order valence-corrected chi connectivity index (χ1v) is 10.6. The predicted molar refractivity (Wildman–Crippen MR) is 123 cm³/mol. The van der Waals surface area contributed by atoms with E-state index in [9.17, 15) is 9.59 Å². The Morgan fingerprint density at radius 1 is 1.19 bits per heavy atom. The zero-order valence-electron chi connectivity index (χ0n) is 18.0. The third-order valence-corrected chi connectivity index (χ3v) is 5.54. The fourth-order valence-corrected chi connectivity index (χ4v) is 3.66. The molecule has 0 radical (unpaired) electrons. The highest BCUT2D eigenvalue weighted by atomic mass is 16.5. The quantitative estimate of drug-likeness (QED) is 0.614. The molecule has 2 atom stereocenters.